The van der Waals surface area contributed by atoms with Gasteiger partial charge in [-0.25, -0.2) is 9.97 Å². The van der Waals surface area contributed by atoms with Crippen molar-refractivity contribution in [3.8, 4) is 0 Å². The second-order valence-corrected chi connectivity index (χ2v) is 3.41. The van der Waals surface area contributed by atoms with Gasteiger partial charge in [0.25, 0.3) is 0 Å². The Morgan fingerprint density at radius 1 is 1.36 bits per heavy atom. The average molecular weight is 255 g/mol. The first-order valence-electron chi connectivity index (χ1n) is 3.67. The SMILES string of the molecule is O=C(CCCl)Nc1c(Cl)ncnc1Cl. The van der Waals surface area contributed by atoms with Gasteiger partial charge in [-0.05, 0) is 0 Å². The number of carbonyl (C=O) groups is 1. The lowest BCUT2D eigenvalue weighted by molar-refractivity contribution is -0.115. The van der Waals surface area contributed by atoms with Crippen LogP contribution in [-0.2, 0) is 4.79 Å². The predicted molar refractivity (Wildman–Crippen MR) is 56.0 cm³/mol. The Morgan fingerprint density at radius 2 is 1.93 bits per heavy atom. The molecule has 0 aromatic carbocycles. The highest BCUT2D eigenvalue weighted by Crippen LogP contribution is 2.25. The number of alkyl halides is 1. The number of nitrogens with one attached hydrogen (secondary N) is 1. The minimum absolute atomic E-state index is 0.105. The molecule has 4 nitrogen and oxygen atoms in total. The lowest BCUT2D eigenvalue weighted by Gasteiger charge is -2.05. The Hall–Kier alpha value is -0.580. The fourth-order valence-electron chi connectivity index (χ4n) is 0.735. The first-order valence-corrected chi connectivity index (χ1v) is 4.96. The van der Waals surface area contributed by atoms with Crippen LogP contribution < -0.4 is 5.32 Å². The third kappa shape index (κ3) is 2.97. The highest BCUT2D eigenvalue weighted by molar-refractivity contribution is 6.38. The van der Waals surface area contributed by atoms with Crippen molar-refractivity contribution in [1.82, 2.24) is 9.97 Å². The van der Waals surface area contributed by atoms with E-state index in [0.717, 1.165) is 0 Å². The minimum atomic E-state index is -0.279. The Bertz CT molecular complexity index is 325. The molecule has 0 aliphatic heterocycles. The van der Waals surface area contributed by atoms with Crippen LogP contribution in [0.3, 0.4) is 0 Å². The average Bonchev–Trinajstić information content (AvgIpc) is 2.12. The van der Waals surface area contributed by atoms with Gasteiger partial charge in [0.05, 0.1) is 0 Å². The van der Waals surface area contributed by atoms with E-state index < -0.39 is 0 Å². The van der Waals surface area contributed by atoms with E-state index in [-0.39, 0.29) is 34.2 Å². The van der Waals surface area contributed by atoms with Crippen molar-refractivity contribution in [2.75, 3.05) is 11.2 Å². The van der Waals surface area contributed by atoms with Gasteiger partial charge in [-0.3, -0.25) is 4.79 Å². The second-order valence-electron chi connectivity index (χ2n) is 2.32. The zero-order valence-electron chi connectivity index (χ0n) is 6.93. The van der Waals surface area contributed by atoms with Crippen molar-refractivity contribution in [2.45, 2.75) is 6.42 Å². The summed E-state index contributed by atoms with van der Waals surface area (Å²) in [6, 6.07) is 0. The van der Waals surface area contributed by atoms with Crippen molar-refractivity contribution in [2.24, 2.45) is 0 Å². The molecular weight excluding hydrogens is 248 g/mol. The van der Waals surface area contributed by atoms with E-state index in [9.17, 15) is 4.79 Å². The predicted octanol–water partition coefficient (Wildman–Crippen LogP) is 2.35. The number of carbonyl (C=O) groups excluding carboxylic acids is 1. The molecule has 0 bridgehead atoms. The molecule has 0 spiro atoms. The molecule has 1 rings (SSSR count). The van der Waals surface area contributed by atoms with E-state index in [2.05, 4.69) is 15.3 Å². The third-order valence-corrected chi connectivity index (χ3v) is 2.10. The summed E-state index contributed by atoms with van der Waals surface area (Å²) in [5.74, 6) is -0.0482. The molecule has 0 radical (unpaired) electrons. The summed E-state index contributed by atoms with van der Waals surface area (Å²) in [6.07, 6.45) is 1.39. The molecule has 1 aromatic heterocycles. The third-order valence-electron chi connectivity index (χ3n) is 1.34. The molecule has 1 heterocycles. The monoisotopic (exact) mass is 253 g/mol. The van der Waals surface area contributed by atoms with Crippen LogP contribution in [0.1, 0.15) is 6.42 Å². The highest BCUT2D eigenvalue weighted by Gasteiger charge is 2.10. The first-order chi connectivity index (χ1) is 6.65. The van der Waals surface area contributed by atoms with Gasteiger partial charge < -0.3 is 5.32 Å². The molecule has 0 fully saturated rings. The number of anilines is 1. The molecule has 76 valence electrons. The summed E-state index contributed by atoms with van der Waals surface area (Å²) in [6.45, 7) is 0. The number of halogens is 3. The molecule has 14 heavy (non-hydrogen) atoms. The molecule has 0 atom stereocenters. The number of aromatic nitrogens is 2. The summed E-state index contributed by atoms with van der Waals surface area (Å²) in [5, 5.41) is 2.68. The number of amides is 1. The van der Waals surface area contributed by atoms with Gasteiger partial charge in [0.15, 0.2) is 10.3 Å². The van der Waals surface area contributed by atoms with Gasteiger partial charge in [0, 0.05) is 12.3 Å². The first kappa shape index (κ1) is 11.5. The van der Waals surface area contributed by atoms with E-state index in [1.807, 2.05) is 0 Å². The summed E-state index contributed by atoms with van der Waals surface area (Å²) in [7, 11) is 0. The molecule has 1 aromatic rings. The number of nitrogens with zero attached hydrogens (tertiary/aromatic N) is 2. The smallest absolute Gasteiger partial charge is 0.225 e. The molecule has 0 unspecified atom stereocenters. The van der Waals surface area contributed by atoms with Crippen LogP contribution in [0.25, 0.3) is 0 Å². The van der Waals surface area contributed by atoms with Gasteiger partial charge in [-0.2, -0.15) is 0 Å². The maximum absolute atomic E-state index is 11.1. The Balaban J connectivity index is 2.80. The van der Waals surface area contributed by atoms with E-state index in [1.54, 1.807) is 0 Å². The Labute approximate surface area is 95.6 Å². The summed E-state index contributed by atoms with van der Waals surface area (Å²) in [5.41, 5.74) is 0.214. The second kappa shape index (κ2) is 5.34. The Kier molecular flexibility index (Phi) is 4.38. The molecule has 0 aliphatic rings. The van der Waals surface area contributed by atoms with E-state index >= 15 is 0 Å². The van der Waals surface area contributed by atoms with Crippen LogP contribution in [0, 0.1) is 0 Å². The maximum Gasteiger partial charge on any atom is 0.225 e. The Morgan fingerprint density at radius 3 is 2.43 bits per heavy atom. The van der Waals surface area contributed by atoms with Crippen LogP contribution in [0.4, 0.5) is 5.69 Å². The van der Waals surface area contributed by atoms with Crippen molar-refractivity contribution in [1.29, 1.82) is 0 Å². The molecule has 0 saturated heterocycles. The minimum Gasteiger partial charge on any atom is -0.321 e. The number of hydrogen-bond donors (Lipinski definition) is 1. The number of hydrogen-bond acceptors (Lipinski definition) is 3. The molecule has 0 aliphatic carbocycles. The van der Waals surface area contributed by atoms with Crippen LogP contribution in [0.5, 0.6) is 0 Å². The highest BCUT2D eigenvalue weighted by atomic mass is 35.5. The summed E-state index contributed by atoms with van der Waals surface area (Å²) in [4.78, 5) is 18.5. The zero-order chi connectivity index (χ0) is 10.6. The maximum atomic E-state index is 11.1. The van der Waals surface area contributed by atoms with Crippen LogP contribution in [0.2, 0.25) is 10.3 Å². The topological polar surface area (TPSA) is 54.9 Å². The van der Waals surface area contributed by atoms with Crippen LogP contribution >= 0.6 is 34.8 Å². The van der Waals surface area contributed by atoms with Gasteiger partial charge in [-0.15, -0.1) is 11.6 Å². The lowest BCUT2D eigenvalue weighted by atomic mass is 10.4. The molecule has 1 amide bonds. The van der Waals surface area contributed by atoms with Gasteiger partial charge >= 0.3 is 0 Å². The van der Waals surface area contributed by atoms with Gasteiger partial charge in [0.1, 0.15) is 12.0 Å². The normalized spacial score (nSPS) is 9.93. The molecule has 7 heteroatoms. The van der Waals surface area contributed by atoms with Crippen molar-refractivity contribution in [3.05, 3.63) is 16.6 Å². The summed E-state index contributed by atoms with van der Waals surface area (Å²) < 4.78 is 0. The lowest BCUT2D eigenvalue weighted by Crippen LogP contribution is -2.13. The van der Waals surface area contributed by atoms with Gasteiger partial charge in [0.2, 0.25) is 5.91 Å². The van der Waals surface area contributed by atoms with Gasteiger partial charge in [-0.1, -0.05) is 23.2 Å². The quantitative estimate of drug-likeness (QED) is 0.665. The molecule has 0 saturated carbocycles. The van der Waals surface area contributed by atoms with Crippen molar-refractivity contribution in [3.63, 3.8) is 0 Å². The van der Waals surface area contributed by atoms with Crippen LogP contribution in [0.15, 0.2) is 6.33 Å². The fraction of sp³-hybridized carbons (Fsp3) is 0.286. The standard InChI is InChI=1S/C7H6Cl3N3O/c8-2-1-4(14)13-5-6(9)11-3-12-7(5)10/h3H,1-2H2,(H,13,14). The van der Waals surface area contributed by atoms with E-state index in [1.165, 1.54) is 6.33 Å². The van der Waals surface area contributed by atoms with Crippen molar-refractivity contribution < 1.29 is 4.79 Å². The van der Waals surface area contributed by atoms with Crippen molar-refractivity contribution >= 4 is 46.4 Å². The largest absolute Gasteiger partial charge is 0.321 e. The van der Waals surface area contributed by atoms with Crippen LogP contribution in [-0.4, -0.2) is 21.8 Å². The van der Waals surface area contributed by atoms with E-state index in [4.69, 9.17) is 34.8 Å². The molecular formula is C7H6Cl3N3O. The zero-order valence-corrected chi connectivity index (χ0v) is 9.20. The fourth-order valence-corrected chi connectivity index (χ4v) is 1.32. The summed E-state index contributed by atoms with van der Waals surface area (Å²) >= 11 is 16.8. The number of rotatable bonds is 3. The molecule has 1 N–H and O–H groups in total. The van der Waals surface area contributed by atoms with E-state index in [0.29, 0.717) is 0 Å².